The third-order valence-electron chi connectivity index (χ3n) is 4.83. The van der Waals surface area contributed by atoms with Crippen LogP contribution < -0.4 is 5.46 Å². The summed E-state index contributed by atoms with van der Waals surface area (Å²) < 4.78 is 57.3. The van der Waals surface area contributed by atoms with Gasteiger partial charge in [0.05, 0.1) is 21.2 Å². The summed E-state index contributed by atoms with van der Waals surface area (Å²) in [6.45, 7) is 7.75. The molecular weight excluding hydrogens is 566 g/mol. The molecule has 0 atom stereocenters. The highest BCUT2D eigenvalue weighted by atomic mass is 79.9. The number of hydrogen-bond acceptors (Lipinski definition) is 8. The fourth-order valence-electron chi connectivity index (χ4n) is 2.50. The van der Waals surface area contributed by atoms with Crippen LogP contribution >= 0.6 is 39.1 Å². The Bertz CT molecular complexity index is 1220. The monoisotopic (exact) mass is 586 g/mol. The Kier molecular flexibility index (Phi) is 8.14. The second-order valence-electron chi connectivity index (χ2n) is 8.13. The average Bonchev–Trinajstić information content (AvgIpc) is 2.80. The third kappa shape index (κ3) is 6.43. The number of rotatable bonds is 3. The summed E-state index contributed by atoms with van der Waals surface area (Å²) in [5.74, 6) is 0. The predicted molar refractivity (Wildman–Crippen MR) is 128 cm³/mol. The molecule has 0 radical (unpaired) electrons. The van der Waals surface area contributed by atoms with Gasteiger partial charge in [0.2, 0.25) is 0 Å². The van der Waals surface area contributed by atoms with E-state index in [2.05, 4.69) is 25.9 Å². The van der Waals surface area contributed by atoms with Gasteiger partial charge in [-0.1, -0.05) is 23.2 Å². The maximum Gasteiger partial charge on any atom is 0.496 e. The van der Waals surface area contributed by atoms with E-state index in [1.807, 2.05) is 27.7 Å². The van der Waals surface area contributed by atoms with Gasteiger partial charge < -0.3 is 9.31 Å². The number of hydrogen-bond donors (Lipinski definition) is 0. The summed E-state index contributed by atoms with van der Waals surface area (Å²) >= 11 is 14.7. The van der Waals surface area contributed by atoms with Gasteiger partial charge in [-0.05, 0) is 55.8 Å². The number of nitrogens with zero attached hydrogens (tertiary/aromatic N) is 2. The number of aromatic nitrogens is 2. The van der Waals surface area contributed by atoms with Gasteiger partial charge in [-0.15, -0.1) is 0 Å². The Morgan fingerprint density at radius 1 is 0.844 bits per heavy atom. The van der Waals surface area contributed by atoms with Gasteiger partial charge in [0.25, 0.3) is 0 Å². The number of sulfone groups is 2. The van der Waals surface area contributed by atoms with Gasteiger partial charge in [0.15, 0.2) is 29.7 Å². The van der Waals surface area contributed by atoms with E-state index in [0.717, 1.165) is 12.5 Å². The van der Waals surface area contributed by atoms with Crippen LogP contribution in [0.5, 0.6) is 0 Å². The Labute approximate surface area is 207 Å². The van der Waals surface area contributed by atoms with Gasteiger partial charge in [-0.2, -0.15) is 0 Å². The van der Waals surface area contributed by atoms with Crippen LogP contribution in [0, 0.1) is 0 Å². The summed E-state index contributed by atoms with van der Waals surface area (Å²) in [4.78, 5) is 7.59. The largest absolute Gasteiger partial charge is 0.496 e. The van der Waals surface area contributed by atoms with Crippen molar-refractivity contribution in [2.45, 2.75) is 48.9 Å². The Morgan fingerprint density at radius 2 is 1.25 bits per heavy atom. The van der Waals surface area contributed by atoms with E-state index in [9.17, 15) is 16.8 Å². The highest BCUT2D eigenvalue weighted by Gasteiger charge is 2.52. The zero-order chi connectivity index (χ0) is 24.7. The fourth-order valence-corrected chi connectivity index (χ4v) is 5.46. The van der Waals surface area contributed by atoms with Crippen molar-refractivity contribution in [2.24, 2.45) is 0 Å². The molecule has 3 rings (SSSR count). The molecular formula is C18H22BBrCl2N2O6S2. The summed E-state index contributed by atoms with van der Waals surface area (Å²) in [5, 5.41) is -0.0293. The molecule has 2 aromatic heterocycles. The SMILES string of the molecule is CC1(C)OB(c2cnc(S(C)(=O)=O)c(Cl)c2)OC1(C)C.CS(=O)(=O)c1ncc(Br)cc1Cl. The molecule has 2 aromatic rings. The molecule has 14 heteroatoms. The quantitative estimate of drug-likeness (QED) is 0.503. The molecule has 32 heavy (non-hydrogen) atoms. The second-order valence-corrected chi connectivity index (χ2v) is 13.7. The average molecular weight is 588 g/mol. The zero-order valence-electron chi connectivity index (χ0n) is 18.2. The van der Waals surface area contributed by atoms with Crippen molar-refractivity contribution in [3.63, 3.8) is 0 Å². The van der Waals surface area contributed by atoms with Crippen molar-refractivity contribution in [1.29, 1.82) is 0 Å². The van der Waals surface area contributed by atoms with Gasteiger partial charge in [0.1, 0.15) is 0 Å². The third-order valence-corrected chi connectivity index (χ3v) is 8.12. The van der Waals surface area contributed by atoms with E-state index in [4.69, 9.17) is 32.5 Å². The Balaban J connectivity index is 0.000000258. The standard InChI is InChI=1S/C12H17BClNO4S.C6H5BrClNO2S/c1-11(2)12(3,4)19-13(18-11)8-6-9(14)10(15-7-8)20(5,16)17;1-12(10,11)6-5(8)2-4(7)3-9-6/h6-7H,1-5H3;2-3H,1H3. The first-order chi connectivity index (χ1) is 14.3. The van der Waals surface area contributed by atoms with Crippen LogP contribution in [-0.2, 0) is 29.0 Å². The van der Waals surface area contributed by atoms with E-state index >= 15 is 0 Å². The van der Waals surface area contributed by atoms with Gasteiger partial charge in [0, 0.05) is 34.8 Å². The molecule has 1 saturated heterocycles. The lowest BCUT2D eigenvalue weighted by atomic mass is 9.80. The molecule has 0 aliphatic carbocycles. The van der Waals surface area contributed by atoms with Gasteiger partial charge in [-0.25, -0.2) is 26.8 Å². The maximum absolute atomic E-state index is 11.5. The zero-order valence-corrected chi connectivity index (χ0v) is 22.9. The topological polar surface area (TPSA) is 113 Å². The van der Waals surface area contributed by atoms with Gasteiger partial charge in [-0.3, -0.25) is 0 Å². The minimum Gasteiger partial charge on any atom is -0.399 e. The first kappa shape index (κ1) is 27.5. The lowest BCUT2D eigenvalue weighted by molar-refractivity contribution is 0.00578. The molecule has 0 amide bonds. The molecule has 0 spiro atoms. The molecule has 1 fully saturated rings. The van der Waals surface area contributed by atoms with Crippen LogP contribution in [0.25, 0.3) is 0 Å². The van der Waals surface area contributed by atoms with Crippen molar-refractivity contribution in [2.75, 3.05) is 12.5 Å². The highest BCUT2D eigenvalue weighted by Crippen LogP contribution is 2.36. The lowest BCUT2D eigenvalue weighted by Gasteiger charge is -2.32. The summed E-state index contributed by atoms with van der Waals surface area (Å²) in [6.07, 6.45) is 4.94. The summed E-state index contributed by atoms with van der Waals surface area (Å²) in [7, 11) is -7.37. The first-order valence-corrected chi connectivity index (χ1v) is 14.4. The van der Waals surface area contributed by atoms with E-state index in [1.54, 1.807) is 0 Å². The van der Waals surface area contributed by atoms with Crippen LogP contribution in [-0.4, -0.2) is 57.6 Å². The van der Waals surface area contributed by atoms with Crippen molar-refractivity contribution >= 4 is 71.4 Å². The second kappa shape index (κ2) is 9.48. The number of pyridine rings is 2. The molecule has 0 N–H and O–H groups in total. The molecule has 0 saturated carbocycles. The van der Waals surface area contributed by atoms with Gasteiger partial charge >= 0.3 is 7.12 Å². The maximum atomic E-state index is 11.5. The van der Waals surface area contributed by atoms with Crippen molar-refractivity contribution in [3.05, 3.63) is 39.0 Å². The van der Waals surface area contributed by atoms with Crippen LogP contribution in [0.3, 0.4) is 0 Å². The molecule has 3 heterocycles. The minimum atomic E-state index is -3.44. The van der Waals surface area contributed by atoms with E-state index < -0.39 is 38.0 Å². The van der Waals surface area contributed by atoms with E-state index in [0.29, 0.717) is 9.94 Å². The molecule has 0 unspecified atom stereocenters. The smallest absolute Gasteiger partial charge is 0.399 e. The molecule has 176 valence electrons. The number of halogens is 3. The molecule has 8 nitrogen and oxygen atoms in total. The fraction of sp³-hybridized carbons (Fsp3) is 0.444. The van der Waals surface area contributed by atoms with Crippen LogP contribution in [0.2, 0.25) is 10.0 Å². The van der Waals surface area contributed by atoms with E-state index in [-0.39, 0.29) is 20.1 Å². The van der Waals surface area contributed by atoms with Crippen molar-refractivity contribution in [1.82, 2.24) is 9.97 Å². The summed E-state index contributed by atoms with van der Waals surface area (Å²) in [6, 6.07) is 3.01. The first-order valence-electron chi connectivity index (χ1n) is 9.07. The highest BCUT2D eigenvalue weighted by molar-refractivity contribution is 9.10. The normalized spacial score (nSPS) is 17.6. The van der Waals surface area contributed by atoms with E-state index in [1.165, 1.54) is 24.5 Å². The lowest BCUT2D eigenvalue weighted by Crippen LogP contribution is -2.41. The minimum absolute atomic E-state index is 0.0692. The Hall–Kier alpha value is -0.755. The molecule has 0 aromatic carbocycles. The van der Waals surface area contributed by atoms with Crippen molar-refractivity contribution in [3.8, 4) is 0 Å². The molecule has 1 aliphatic rings. The summed E-state index contributed by atoms with van der Waals surface area (Å²) in [5.41, 5.74) is -0.347. The van der Waals surface area contributed by atoms with Crippen LogP contribution in [0.1, 0.15) is 27.7 Å². The predicted octanol–water partition coefficient (Wildman–Crippen LogP) is 3.34. The van der Waals surface area contributed by atoms with Crippen molar-refractivity contribution < 1.29 is 26.1 Å². The van der Waals surface area contributed by atoms with Crippen LogP contribution in [0.15, 0.2) is 39.1 Å². The molecule has 1 aliphatic heterocycles. The Morgan fingerprint density at radius 3 is 1.62 bits per heavy atom. The molecule has 0 bridgehead atoms. The van der Waals surface area contributed by atoms with Crippen LogP contribution in [0.4, 0.5) is 0 Å².